The van der Waals surface area contributed by atoms with Crippen molar-refractivity contribution < 1.29 is 9.53 Å². The van der Waals surface area contributed by atoms with E-state index in [4.69, 9.17) is 27.9 Å². The fraction of sp³-hybridized carbons (Fsp3) is 0.588. The number of nitrogens with zero attached hydrogens (tertiary/aromatic N) is 3. The number of piperazine rings is 1. The van der Waals surface area contributed by atoms with Gasteiger partial charge in [0.2, 0.25) is 0 Å². The highest BCUT2D eigenvalue weighted by Gasteiger charge is 2.22. The monoisotopic (exact) mass is 386 g/mol. The Morgan fingerprint density at radius 3 is 2.28 bits per heavy atom. The second-order valence-electron chi connectivity index (χ2n) is 6.34. The number of urea groups is 1. The Bertz CT molecular complexity index is 588. The maximum Gasteiger partial charge on any atom is 0.321 e. The average Bonchev–Trinajstić information content (AvgIpc) is 2.63. The van der Waals surface area contributed by atoms with Gasteiger partial charge in [0.25, 0.3) is 0 Å². The van der Waals surface area contributed by atoms with Crippen molar-refractivity contribution in [1.29, 1.82) is 0 Å². The molecule has 0 unspecified atom stereocenters. The number of carbonyl (C=O) groups excluding carboxylic acids is 1. The number of benzene rings is 1. The van der Waals surface area contributed by atoms with Gasteiger partial charge in [-0.15, -0.1) is 0 Å². The highest BCUT2D eigenvalue weighted by Crippen LogP contribution is 2.25. The summed E-state index contributed by atoms with van der Waals surface area (Å²) in [5.41, 5.74) is 0.589. The van der Waals surface area contributed by atoms with E-state index in [2.05, 4.69) is 15.1 Å². The summed E-state index contributed by atoms with van der Waals surface area (Å²) in [5.74, 6) is 0. The number of hydrogen-bond acceptors (Lipinski definition) is 4. The molecule has 2 saturated heterocycles. The molecule has 2 aliphatic heterocycles. The van der Waals surface area contributed by atoms with E-state index in [-0.39, 0.29) is 6.03 Å². The van der Waals surface area contributed by atoms with E-state index in [9.17, 15) is 4.79 Å². The molecule has 1 aromatic carbocycles. The maximum absolute atomic E-state index is 12.4. The third-order valence-corrected chi connectivity index (χ3v) is 5.22. The van der Waals surface area contributed by atoms with Crippen molar-refractivity contribution in [3.63, 3.8) is 0 Å². The molecule has 0 radical (unpaired) electrons. The lowest BCUT2D eigenvalue weighted by Gasteiger charge is -2.36. The molecule has 0 saturated carbocycles. The number of halogens is 2. The first-order valence-corrected chi connectivity index (χ1v) is 9.41. The molecule has 0 bridgehead atoms. The molecular formula is C17H24Cl2N4O2. The van der Waals surface area contributed by atoms with Gasteiger partial charge in [-0.25, -0.2) is 4.79 Å². The predicted molar refractivity (Wildman–Crippen MR) is 101 cm³/mol. The average molecular weight is 387 g/mol. The minimum Gasteiger partial charge on any atom is -0.379 e. The van der Waals surface area contributed by atoms with Crippen LogP contribution < -0.4 is 5.32 Å². The molecule has 6 nitrogen and oxygen atoms in total. The van der Waals surface area contributed by atoms with E-state index in [1.54, 1.807) is 18.2 Å². The fourth-order valence-electron chi connectivity index (χ4n) is 3.07. The summed E-state index contributed by atoms with van der Waals surface area (Å²) >= 11 is 12.0. The van der Waals surface area contributed by atoms with Crippen LogP contribution in [0.25, 0.3) is 0 Å². The highest BCUT2D eigenvalue weighted by molar-refractivity contribution is 6.36. The zero-order valence-corrected chi connectivity index (χ0v) is 15.7. The molecular weight excluding hydrogens is 363 g/mol. The van der Waals surface area contributed by atoms with Crippen LogP contribution in [0.4, 0.5) is 10.5 Å². The molecule has 3 rings (SSSR count). The number of ether oxygens (including phenoxy) is 1. The standard InChI is InChI=1S/C17H24Cl2N4O2/c18-14-1-2-16(15(19)13-14)20-17(24)23-7-5-21(6-8-23)3-4-22-9-11-25-12-10-22/h1-2,13H,3-12H2,(H,20,24). The quantitative estimate of drug-likeness (QED) is 0.863. The van der Waals surface area contributed by atoms with Gasteiger partial charge in [-0.1, -0.05) is 23.2 Å². The second-order valence-corrected chi connectivity index (χ2v) is 7.18. The van der Waals surface area contributed by atoms with Gasteiger partial charge in [0.15, 0.2) is 0 Å². The van der Waals surface area contributed by atoms with Crippen LogP contribution in [0.3, 0.4) is 0 Å². The van der Waals surface area contributed by atoms with Crippen molar-refractivity contribution in [2.75, 3.05) is 70.9 Å². The summed E-state index contributed by atoms with van der Waals surface area (Å²) in [6, 6.07) is 4.95. The van der Waals surface area contributed by atoms with Crippen molar-refractivity contribution in [1.82, 2.24) is 14.7 Å². The van der Waals surface area contributed by atoms with Crippen LogP contribution >= 0.6 is 23.2 Å². The summed E-state index contributed by atoms with van der Waals surface area (Å²) < 4.78 is 5.37. The molecule has 8 heteroatoms. The van der Waals surface area contributed by atoms with E-state index < -0.39 is 0 Å². The smallest absolute Gasteiger partial charge is 0.321 e. The molecule has 25 heavy (non-hydrogen) atoms. The number of nitrogens with one attached hydrogen (secondary N) is 1. The van der Waals surface area contributed by atoms with Crippen LogP contribution in [0, 0.1) is 0 Å². The lowest BCUT2D eigenvalue weighted by Crippen LogP contribution is -2.51. The molecule has 0 aromatic heterocycles. The van der Waals surface area contributed by atoms with Crippen molar-refractivity contribution >= 4 is 34.9 Å². The molecule has 2 heterocycles. The lowest BCUT2D eigenvalue weighted by atomic mass is 10.3. The summed E-state index contributed by atoms with van der Waals surface area (Å²) in [6.45, 7) is 9.05. The Morgan fingerprint density at radius 2 is 1.64 bits per heavy atom. The van der Waals surface area contributed by atoms with Gasteiger partial charge in [0.1, 0.15) is 0 Å². The normalized spacial score (nSPS) is 19.8. The SMILES string of the molecule is O=C(Nc1ccc(Cl)cc1Cl)N1CCN(CCN2CCOCC2)CC1. The Hall–Kier alpha value is -1.05. The van der Waals surface area contributed by atoms with Gasteiger partial charge in [0, 0.05) is 57.4 Å². The van der Waals surface area contributed by atoms with E-state index in [0.717, 1.165) is 65.6 Å². The first-order chi connectivity index (χ1) is 12.1. The van der Waals surface area contributed by atoms with Gasteiger partial charge in [-0.05, 0) is 18.2 Å². The van der Waals surface area contributed by atoms with Crippen LogP contribution in [-0.2, 0) is 4.74 Å². The predicted octanol–water partition coefficient (Wildman–Crippen LogP) is 2.48. The Morgan fingerprint density at radius 1 is 1.00 bits per heavy atom. The number of hydrogen-bond donors (Lipinski definition) is 1. The zero-order valence-electron chi connectivity index (χ0n) is 14.2. The highest BCUT2D eigenvalue weighted by atomic mass is 35.5. The van der Waals surface area contributed by atoms with Gasteiger partial charge >= 0.3 is 6.03 Å². The number of anilines is 1. The van der Waals surface area contributed by atoms with Gasteiger partial charge < -0.3 is 15.0 Å². The van der Waals surface area contributed by atoms with Gasteiger partial charge in [-0.2, -0.15) is 0 Å². The fourth-order valence-corrected chi connectivity index (χ4v) is 3.52. The number of rotatable bonds is 4. The Kier molecular flexibility index (Phi) is 6.78. The first-order valence-electron chi connectivity index (χ1n) is 8.65. The summed E-state index contributed by atoms with van der Waals surface area (Å²) in [4.78, 5) is 19.1. The summed E-state index contributed by atoms with van der Waals surface area (Å²) in [7, 11) is 0. The van der Waals surface area contributed by atoms with Crippen molar-refractivity contribution in [3.05, 3.63) is 28.2 Å². The molecule has 1 aromatic rings. The Labute approximate surface area is 158 Å². The van der Waals surface area contributed by atoms with Crippen molar-refractivity contribution in [3.8, 4) is 0 Å². The topological polar surface area (TPSA) is 48.1 Å². The first kappa shape index (κ1) is 18.7. The number of carbonyl (C=O) groups is 1. The molecule has 2 aliphatic rings. The molecule has 1 N–H and O–H groups in total. The molecule has 138 valence electrons. The molecule has 0 spiro atoms. The van der Waals surface area contributed by atoms with Crippen molar-refractivity contribution in [2.24, 2.45) is 0 Å². The maximum atomic E-state index is 12.4. The van der Waals surface area contributed by atoms with Gasteiger partial charge in [0.05, 0.1) is 23.9 Å². The summed E-state index contributed by atoms with van der Waals surface area (Å²) in [6.07, 6.45) is 0. The minimum absolute atomic E-state index is 0.114. The van der Waals surface area contributed by atoms with Crippen LogP contribution in [0.15, 0.2) is 18.2 Å². The third kappa shape index (κ3) is 5.46. The Balaban J connectivity index is 1.41. The second kappa shape index (κ2) is 9.05. The van der Waals surface area contributed by atoms with E-state index in [1.165, 1.54) is 0 Å². The molecule has 2 fully saturated rings. The van der Waals surface area contributed by atoms with E-state index in [1.807, 2.05) is 4.90 Å². The third-order valence-electron chi connectivity index (χ3n) is 4.67. The molecule has 0 atom stereocenters. The summed E-state index contributed by atoms with van der Waals surface area (Å²) in [5, 5.41) is 3.86. The van der Waals surface area contributed by atoms with Crippen LogP contribution in [-0.4, -0.2) is 86.3 Å². The van der Waals surface area contributed by atoms with Crippen LogP contribution in [0.2, 0.25) is 10.0 Å². The number of morpholine rings is 1. The van der Waals surface area contributed by atoms with Crippen molar-refractivity contribution in [2.45, 2.75) is 0 Å². The van der Waals surface area contributed by atoms with Crippen LogP contribution in [0.1, 0.15) is 0 Å². The number of amides is 2. The lowest BCUT2D eigenvalue weighted by molar-refractivity contribution is 0.0311. The molecule has 2 amide bonds. The molecule has 0 aliphatic carbocycles. The van der Waals surface area contributed by atoms with E-state index in [0.29, 0.717) is 15.7 Å². The zero-order chi connectivity index (χ0) is 17.6. The van der Waals surface area contributed by atoms with Gasteiger partial charge in [-0.3, -0.25) is 9.80 Å². The van der Waals surface area contributed by atoms with E-state index >= 15 is 0 Å². The van der Waals surface area contributed by atoms with Crippen LogP contribution in [0.5, 0.6) is 0 Å². The largest absolute Gasteiger partial charge is 0.379 e. The minimum atomic E-state index is -0.114.